The van der Waals surface area contributed by atoms with Gasteiger partial charge in [0.2, 0.25) is 5.96 Å². The number of nitrogens with zero attached hydrogens (tertiary/aromatic N) is 2. The van der Waals surface area contributed by atoms with Gasteiger partial charge in [-0.05, 0) is 18.2 Å². The number of quaternary nitrogens is 2. The molecular weight excluding hydrogens is 316 g/mol. The molecule has 10 nitrogen and oxygen atoms in total. The van der Waals surface area contributed by atoms with E-state index in [2.05, 4.69) is 15.5 Å². The second-order valence-electron chi connectivity index (χ2n) is 4.61. The molecule has 0 aromatic heterocycles. The number of hydrogen-bond donors (Lipinski definition) is 6. The summed E-state index contributed by atoms with van der Waals surface area (Å²) in [7, 11) is 0. The third-order valence-corrected chi connectivity index (χ3v) is 2.92. The number of benzene rings is 2. The molecule has 2 atom stereocenters. The summed E-state index contributed by atoms with van der Waals surface area (Å²) in [6.45, 7) is 0. The van der Waals surface area contributed by atoms with Crippen LogP contribution in [0.4, 0.5) is 17.1 Å². The molecule has 0 aliphatic rings. The number of rotatable bonds is 5. The first-order valence-corrected chi connectivity index (χ1v) is 6.76. The van der Waals surface area contributed by atoms with Crippen LogP contribution in [0.5, 0.6) is 0 Å². The predicted molar refractivity (Wildman–Crippen MR) is 86.4 cm³/mol. The largest absolute Gasteiger partial charge is 0.595 e. The van der Waals surface area contributed by atoms with E-state index >= 15 is 0 Å². The summed E-state index contributed by atoms with van der Waals surface area (Å²) in [6, 6.07) is 12.7. The minimum Gasteiger partial charge on any atom is -0.595 e. The van der Waals surface area contributed by atoms with Crippen molar-refractivity contribution in [2.45, 2.75) is 0 Å². The molecule has 0 saturated heterocycles. The minimum atomic E-state index is -1.26. The molecule has 0 fully saturated rings. The van der Waals surface area contributed by atoms with Gasteiger partial charge < -0.3 is 16.1 Å². The van der Waals surface area contributed by atoms with Crippen LogP contribution in [0.15, 0.2) is 58.6 Å². The van der Waals surface area contributed by atoms with Crippen LogP contribution < -0.4 is 21.6 Å². The Morgan fingerprint density at radius 1 is 1.08 bits per heavy atom. The maximum Gasteiger partial charge on any atom is 0.214 e. The number of nitrogens with two attached hydrogens (primary N) is 1. The van der Waals surface area contributed by atoms with Crippen molar-refractivity contribution in [3.63, 3.8) is 0 Å². The minimum absolute atomic E-state index is 0.0245. The van der Waals surface area contributed by atoms with Gasteiger partial charge in [-0.15, -0.1) is 0 Å². The Morgan fingerprint density at radius 2 is 1.79 bits per heavy atom. The molecule has 0 heterocycles. The van der Waals surface area contributed by atoms with Crippen LogP contribution in [0.1, 0.15) is 5.56 Å². The Bertz CT molecular complexity index is 733. The summed E-state index contributed by atoms with van der Waals surface area (Å²) in [5.41, 5.74) is 8.69. The van der Waals surface area contributed by atoms with Gasteiger partial charge in [0.1, 0.15) is 0 Å². The van der Waals surface area contributed by atoms with Crippen molar-refractivity contribution < 1.29 is 20.9 Å². The van der Waals surface area contributed by atoms with Crippen molar-refractivity contribution in [3.8, 4) is 0 Å². The first-order valence-electron chi connectivity index (χ1n) is 6.76. The van der Waals surface area contributed by atoms with Crippen molar-refractivity contribution in [3.05, 3.63) is 64.5 Å². The van der Waals surface area contributed by atoms with Crippen molar-refractivity contribution in [1.82, 2.24) is 5.43 Å². The lowest BCUT2D eigenvalue weighted by Crippen LogP contribution is -3.01. The molecule has 2 unspecified atom stereocenters. The zero-order valence-electron chi connectivity index (χ0n) is 12.4. The zero-order valence-corrected chi connectivity index (χ0v) is 12.4. The van der Waals surface area contributed by atoms with Gasteiger partial charge >= 0.3 is 0 Å². The van der Waals surface area contributed by atoms with E-state index in [0.717, 1.165) is 6.07 Å². The number of para-hydroxylation sites is 1. The monoisotopic (exact) mass is 332 g/mol. The van der Waals surface area contributed by atoms with Crippen LogP contribution in [0.25, 0.3) is 0 Å². The summed E-state index contributed by atoms with van der Waals surface area (Å²) in [4.78, 5) is 4.06. The van der Waals surface area contributed by atoms with E-state index in [-0.39, 0.29) is 22.9 Å². The molecule has 0 spiro atoms. The molecule has 7 N–H and O–H groups in total. The molecule has 0 radical (unpaired) electrons. The highest BCUT2D eigenvalue weighted by molar-refractivity contribution is 5.88. The first kappa shape index (κ1) is 17.5. The van der Waals surface area contributed by atoms with Crippen LogP contribution in [0, 0.1) is 10.4 Å². The normalized spacial score (nSPS) is 14.6. The topological polar surface area (TPSA) is 158 Å². The second kappa shape index (κ2) is 8.12. The Labute approximate surface area is 136 Å². The van der Waals surface area contributed by atoms with E-state index < -0.39 is 10.5 Å². The van der Waals surface area contributed by atoms with Gasteiger partial charge in [0.05, 0.1) is 23.5 Å². The Morgan fingerprint density at radius 3 is 2.42 bits per heavy atom. The number of hydrazone groups is 1. The van der Waals surface area contributed by atoms with E-state index in [1.54, 1.807) is 24.3 Å². The van der Waals surface area contributed by atoms with Crippen molar-refractivity contribution in [2.24, 2.45) is 15.8 Å². The molecule has 0 aliphatic heterocycles. The molecule has 10 heteroatoms. The van der Waals surface area contributed by atoms with Crippen molar-refractivity contribution >= 4 is 29.2 Å². The van der Waals surface area contributed by atoms with E-state index in [9.17, 15) is 10.4 Å². The molecule has 0 saturated carbocycles. The molecule has 0 amide bonds. The lowest BCUT2D eigenvalue weighted by Gasteiger charge is -2.17. The van der Waals surface area contributed by atoms with E-state index in [1.165, 1.54) is 18.3 Å². The summed E-state index contributed by atoms with van der Waals surface area (Å²) < 4.78 is 0. The van der Waals surface area contributed by atoms with Crippen LogP contribution in [-0.4, -0.2) is 22.6 Å². The number of aliphatic imine (C=N–C) groups is 1. The summed E-state index contributed by atoms with van der Waals surface area (Å²) >= 11 is 0. The van der Waals surface area contributed by atoms with Crippen LogP contribution in [0.3, 0.4) is 0 Å². The van der Waals surface area contributed by atoms with Gasteiger partial charge in [-0.25, -0.2) is 20.8 Å². The quantitative estimate of drug-likeness (QED) is 0.236. The average molecular weight is 332 g/mol. The second-order valence-corrected chi connectivity index (χ2v) is 4.61. The fourth-order valence-corrected chi connectivity index (χ4v) is 1.82. The third kappa shape index (κ3) is 4.82. The molecule has 0 bridgehead atoms. The van der Waals surface area contributed by atoms with Gasteiger partial charge in [-0.3, -0.25) is 0 Å². The number of nitrogens with one attached hydrogen (secondary N) is 3. The van der Waals surface area contributed by atoms with Gasteiger partial charge in [-0.1, -0.05) is 18.2 Å². The van der Waals surface area contributed by atoms with Crippen molar-refractivity contribution in [1.29, 1.82) is 0 Å². The molecule has 2 aromatic rings. The third-order valence-electron chi connectivity index (χ3n) is 2.92. The molecule has 0 aliphatic carbocycles. The first-order chi connectivity index (χ1) is 11.5. The Balaban J connectivity index is 2.12. The van der Waals surface area contributed by atoms with E-state index in [0.29, 0.717) is 5.69 Å². The van der Waals surface area contributed by atoms with E-state index in [1.807, 2.05) is 6.07 Å². The van der Waals surface area contributed by atoms with Gasteiger partial charge in [0.25, 0.3) is 0 Å². The summed E-state index contributed by atoms with van der Waals surface area (Å²) in [5.74, 6) is 0.0245. The highest BCUT2D eigenvalue weighted by Gasteiger charge is 2.12. The average Bonchev–Trinajstić information content (AvgIpc) is 2.55. The SMILES string of the molecule is NC(=Nc1ccccc1)N/N=C/c1ccc([NH+]([O-])O)cc1[NH+]([O-])O. The van der Waals surface area contributed by atoms with Crippen molar-refractivity contribution in [2.75, 3.05) is 0 Å². The molecular formula is C14H16N6O4. The lowest BCUT2D eigenvalue weighted by atomic mass is 10.2. The smallest absolute Gasteiger partial charge is 0.214 e. The highest BCUT2D eigenvalue weighted by atomic mass is 16.8. The lowest BCUT2D eigenvalue weighted by molar-refractivity contribution is -0.996. The van der Waals surface area contributed by atoms with Gasteiger partial charge in [-0.2, -0.15) is 15.6 Å². The molecule has 2 aromatic carbocycles. The van der Waals surface area contributed by atoms with Gasteiger partial charge in [0, 0.05) is 6.07 Å². The number of hydrogen-bond acceptors (Lipinski definition) is 6. The standard InChI is InChI=1S/C14H16N6O4/c15-14(17-11-4-2-1-3-5-11)18-16-9-10-6-7-12(19(21)22)8-13(10)20(23)24/h1-9,19-21,23H,(H3,15,17,18)/b16-9+. The Hall–Kier alpha value is -2.86. The summed E-state index contributed by atoms with van der Waals surface area (Å²) in [6.07, 6.45) is 1.22. The highest BCUT2D eigenvalue weighted by Crippen LogP contribution is 2.13. The fourth-order valence-electron chi connectivity index (χ4n) is 1.82. The summed E-state index contributed by atoms with van der Waals surface area (Å²) in [5, 5.41) is 41.5. The van der Waals surface area contributed by atoms with E-state index in [4.69, 9.17) is 16.1 Å². The zero-order chi connectivity index (χ0) is 17.5. The maximum absolute atomic E-state index is 11.2. The van der Waals surface area contributed by atoms with Crippen LogP contribution in [0.2, 0.25) is 0 Å². The fraction of sp³-hybridized carbons (Fsp3) is 0. The van der Waals surface area contributed by atoms with Gasteiger partial charge in [0.15, 0.2) is 11.4 Å². The molecule has 2 rings (SSSR count). The van der Waals surface area contributed by atoms with Crippen LogP contribution >= 0.6 is 0 Å². The predicted octanol–water partition coefficient (Wildman–Crippen LogP) is -0.937. The maximum atomic E-state index is 11.2. The Kier molecular flexibility index (Phi) is 5.92. The molecule has 126 valence electrons. The van der Waals surface area contributed by atoms with Crippen LogP contribution in [-0.2, 0) is 0 Å². The molecule has 24 heavy (non-hydrogen) atoms. The number of guanidine groups is 1.